The van der Waals surface area contributed by atoms with E-state index in [1.165, 1.54) is 0 Å². The van der Waals surface area contributed by atoms with E-state index >= 15 is 0 Å². The summed E-state index contributed by atoms with van der Waals surface area (Å²) in [6.07, 6.45) is -4.49. The van der Waals surface area contributed by atoms with Gasteiger partial charge in [-0.2, -0.15) is 17.5 Å². The highest BCUT2D eigenvalue weighted by molar-refractivity contribution is 7.89. The molecule has 178 valence electrons. The van der Waals surface area contributed by atoms with E-state index in [9.17, 15) is 40.9 Å². The maximum absolute atomic E-state index is 13.0. The normalized spacial score (nSPS) is 15.8. The Bertz CT molecular complexity index is 1150. The number of alkyl halides is 3. The van der Waals surface area contributed by atoms with Crippen LogP contribution >= 0.6 is 0 Å². The molecule has 0 atom stereocenters. The summed E-state index contributed by atoms with van der Waals surface area (Å²) in [7, 11) is -3.86. The minimum absolute atomic E-state index is 0.0121. The number of nitro benzene ring substituents is 1. The summed E-state index contributed by atoms with van der Waals surface area (Å²) in [5.74, 6) is -1.81. The van der Waals surface area contributed by atoms with Crippen LogP contribution in [0.1, 0.15) is 18.4 Å². The van der Waals surface area contributed by atoms with Gasteiger partial charge in [-0.15, -0.1) is 0 Å². The van der Waals surface area contributed by atoms with Crippen LogP contribution in [0, 0.1) is 21.8 Å². The third-order valence-electron chi connectivity index (χ3n) is 5.12. The van der Waals surface area contributed by atoms with Gasteiger partial charge in [0.25, 0.3) is 5.69 Å². The topological polar surface area (TPSA) is 122 Å². The van der Waals surface area contributed by atoms with Gasteiger partial charge in [0.15, 0.2) is 0 Å². The molecule has 2 aromatic carbocycles. The van der Waals surface area contributed by atoms with Gasteiger partial charge in [0, 0.05) is 25.1 Å². The minimum Gasteiger partial charge on any atom is -0.292 e. The lowest BCUT2D eigenvalue weighted by atomic mass is 9.98. The summed E-state index contributed by atoms with van der Waals surface area (Å²) in [4.78, 5) is 22.4. The van der Waals surface area contributed by atoms with Crippen LogP contribution in [0.15, 0.2) is 47.4 Å². The molecule has 0 aliphatic carbocycles. The number of amides is 1. The summed E-state index contributed by atoms with van der Waals surface area (Å²) < 4.78 is 77.8. The van der Waals surface area contributed by atoms with Crippen LogP contribution in [-0.2, 0) is 21.0 Å². The van der Waals surface area contributed by atoms with Crippen LogP contribution in [0.25, 0.3) is 0 Å². The molecule has 9 nitrogen and oxygen atoms in total. The summed E-state index contributed by atoms with van der Waals surface area (Å²) >= 11 is 0. The summed E-state index contributed by atoms with van der Waals surface area (Å²) in [6.45, 7) is 0.0243. The van der Waals surface area contributed by atoms with Gasteiger partial charge >= 0.3 is 6.18 Å². The average molecular weight is 490 g/mol. The number of hydrazine groups is 1. The number of hydrogen-bond donors (Lipinski definition) is 2. The Morgan fingerprint density at radius 3 is 2.24 bits per heavy atom. The molecule has 14 heteroatoms. The van der Waals surface area contributed by atoms with Gasteiger partial charge in [-0.25, -0.2) is 12.8 Å². The van der Waals surface area contributed by atoms with E-state index in [2.05, 4.69) is 10.9 Å². The van der Waals surface area contributed by atoms with E-state index in [4.69, 9.17) is 0 Å². The number of nitrogens with zero attached hydrogens (tertiary/aromatic N) is 2. The van der Waals surface area contributed by atoms with Crippen molar-refractivity contribution in [3.63, 3.8) is 0 Å². The second-order valence-corrected chi connectivity index (χ2v) is 9.17. The molecule has 0 bridgehead atoms. The highest BCUT2D eigenvalue weighted by Gasteiger charge is 2.34. The molecule has 33 heavy (non-hydrogen) atoms. The van der Waals surface area contributed by atoms with Gasteiger partial charge in [0.2, 0.25) is 15.9 Å². The molecule has 1 heterocycles. The first kappa shape index (κ1) is 24.4. The molecule has 1 amide bonds. The quantitative estimate of drug-likeness (QED) is 0.364. The zero-order chi connectivity index (χ0) is 24.4. The van der Waals surface area contributed by atoms with Crippen molar-refractivity contribution < 1.29 is 35.7 Å². The molecule has 0 spiro atoms. The van der Waals surface area contributed by atoms with E-state index < -0.39 is 50.0 Å². The van der Waals surface area contributed by atoms with Crippen molar-refractivity contribution in [3.8, 4) is 0 Å². The van der Waals surface area contributed by atoms with E-state index in [0.29, 0.717) is 12.1 Å². The number of piperidine rings is 1. The first-order chi connectivity index (χ1) is 15.4. The zero-order valence-corrected chi connectivity index (χ0v) is 17.6. The van der Waals surface area contributed by atoms with Gasteiger partial charge < -0.3 is 0 Å². The standard InChI is InChI=1S/C19H18F4N4O5S/c20-14-2-4-15(5-3-14)33(31,32)26-9-7-12(8-10-26)18(28)25-24-16-6-1-13(19(21,22)23)11-17(16)27(29)30/h1-6,11-12,24H,7-10H2,(H,25,28). The molecular weight excluding hydrogens is 472 g/mol. The van der Waals surface area contributed by atoms with Crippen LogP contribution in [0.2, 0.25) is 0 Å². The molecule has 1 aliphatic rings. The summed E-state index contributed by atoms with van der Waals surface area (Å²) in [5.41, 5.74) is 2.08. The largest absolute Gasteiger partial charge is 0.416 e. The molecule has 3 rings (SSSR count). The Morgan fingerprint density at radius 2 is 1.70 bits per heavy atom. The van der Waals surface area contributed by atoms with E-state index in [0.717, 1.165) is 34.6 Å². The smallest absolute Gasteiger partial charge is 0.292 e. The number of anilines is 1. The number of rotatable bonds is 6. The molecule has 0 saturated carbocycles. The Labute approximate surface area is 185 Å². The van der Waals surface area contributed by atoms with Crippen LogP contribution in [0.5, 0.6) is 0 Å². The van der Waals surface area contributed by atoms with Crippen molar-refractivity contribution in [2.75, 3.05) is 18.5 Å². The SMILES string of the molecule is O=C(NNc1ccc(C(F)(F)F)cc1[N+](=O)[O-])C1CCN(S(=O)(=O)c2ccc(F)cc2)CC1. The second-order valence-electron chi connectivity index (χ2n) is 7.23. The van der Waals surface area contributed by atoms with Crippen LogP contribution < -0.4 is 10.9 Å². The molecule has 1 aliphatic heterocycles. The number of benzene rings is 2. The van der Waals surface area contributed by atoms with E-state index in [1.807, 2.05) is 0 Å². The molecule has 0 aromatic heterocycles. The minimum atomic E-state index is -4.77. The lowest BCUT2D eigenvalue weighted by Crippen LogP contribution is -2.44. The molecule has 2 aromatic rings. The number of halogens is 4. The predicted molar refractivity (Wildman–Crippen MR) is 108 cm³/mol. The van der Waals surface area contributed by atoms with Gasteiger partial charge in [-0.1, -0.05) is 0 Å². The molecule has 0 radical (unpaired) electrons. The van der Waals surface area contributed by atoms with Gasteiger partial charge in [0.05, 0.1) is 15.4 Å². The van der Waals surface area contributed by atoms with Crippen molar-refractivity contribution in [2.45, 2.75) is 23.9 Å². The Kier molecular flexibility index (Phi) is 6.88. The zero-order valence-electron chi connectivity index (χ0n) is 16.8. The predicted octanol–water partition coefficient (Wildman–Crippen LogP) is 3.30. The number of nitro groups is 1. The Hall–Kier alpha value is -3.26. The monoisotopic (exact) mass is 490 g/mol. The second kappa shape index (κ2) is 9.31. The van der Waals surface area contributed by atoms with Crippen molar-refractivity contribution in [1.82, 2.24) is 9.73 Å². The van der Waals surface area contributed by atoms with Crippen LogP contribution in [0.3, 0.4) is 0 Å². The molecule has 2 N–H and O–H groups in total. The van der Waals surface area contributed by atoms with Gasteiger partial charge in [-0.05, 0) is 49.2 Å². The lowest BCUT2D eigenvalue weighted by Gasteiger charge is -2.30. The summed E-state index contributed by atoms with van der Waals surface area (Å²) in [5, 5.41) is 11.1. The van der Waals surface area contributed by atoms with E-state index in [-0.39, 0.29) is 36.5 Å². The van der Waals surface area contributed by atoms with Crippen molar-refractivity contribution in [1.29, 1.82) is 0 Å². The fraction of sp³-hybridized carbons (Fsp3) is 0.316. The maximum atomic E-state index is 13.0. The van der Waals surface area contributed by atoms with Gasteiger partial charge in [-0.3, -0.25) is 25.8 Å². The Balaban J connectivity index is 1.61. The maximum Gasteiger partial charge on any atom is 0.416 e. The van der Waals surface area contributed by atoms with Crippen molar-refractivity contribution in [2.24, 2.45) is 5.92 Å². The number of carbonyl (C=O) groups excluding carboxylic acids is 1. The number of sulfonamides is 1. The Morgan fingerprint density at radius 1 is 1.09 bits per heavy atom. The molecular formula is C19H18F4N4O5S. The highest BCUT2D eigenvalue weighted by Crippen LogP contribution is 2.34. The van der Waals surface area contributed by atoms with Crippen molar-refractivity contribution in [3.05, 3.63) is 64.0 Å². The molecule has 1 fully saturated rings. The van der Waals surface area contributed by atoms with E-state index in [1.54, 1.807) is 0 Å². The lowest BCUT2D eigenvalue weighted by molar-refractivity contribution is -0.384. The third kappa shape index (κ3) is 5.57. The fourth-order valence-corrected chi connectivity index (χ4v) is 4.78. The van der Waals surface area contributed by atoms with Gasteiger partial charge in [0.1, 0.15) is 11.5 Å². The number of carbonyl (C=O) groups is 1. The van der Waals surface area contributed by atoms with Crippen molar-refractivity contribution >= 4 is 27.3 Å². The molecule has 0 unspecified atom stereocenters. The average Bonchev–Trinajstić information content (AvgIpc) is 2.77. The highest BCUT2D eigenvalue weighted by atomic mass is 32.2. The van der Waals surface area contributed by atoms with Crippen LogP contribution in [0.4, 0.5) is 28.9 Å². The first-order valence-electron chi connectivity index (χ1n) is 9.57. The number of nitrogens with one attached hydrogen (secondary N) is 2. The van der Waals surface area contributed by atoms with Crippen LogP contribution in [-0.4, -0.2) is 36.6 Å². The third-order valence-corrected chi connectivity index (χ3v) is 7.03. The molecule has 1 saturated heterocycles. The fourth-order valence-electron chi connectivity index (χ4n) is 3.31. The number of hydrogen-bond acceptors (Lipinski definition) is 6. The summed E-state index contributed by atoms with van der Waals surface area (Å²) in [6, 6.07) is 6.17. The first-order valence-corrected chi connectivity index (χ1v) is 11.0.